The van der Waals surface area contributed by atoms with E-state index in [4.69, 9.17) is 0 Å². The summed E-state index contributed by atoms with van der Waals surface area (Å²) in [7, 11) is 0. The number of hydrogen-bond acceptors (Lipinski definition) is 4. The van der Waals surface area contributed by atoms with Crippen LogP contribution in [0.3, 0.4) is 0 Å². The Labute approximate surface area is 158 Å². The van der Waals surface area contributed by atoms with Crippen molar-refractivity contribution in [3.63, 3.8) is 0 Å². The fourth-order valence-corrected chi connectivity index (χ4v) is 2.30. The summed E-state index contributed by atoms with van der Waals surface area (Å²) in [6, 6.07) is 13.2. The van der Waals surface area contributed by atoms with Crippen LogP contribution in [0.1, 0.15) is 10.4 Å². The minimum atomic E-state index is -0.513. The number of Topliss-reactive ketones (excluding diaryl/α,β-unsaturated/α-hetero) is 1. The van der Waals surface area contributed by atoms with E-state index in [1.54, 1.807) is 29.0 Å². The molecule has 3 aromatic rings. The van der Waals surface area contributed by atoms with Crippen LogP contribution in [-0.4, -0.2) is 15.7 Å². The van der Waals surface area contributed by atoms with Gasteiger partial charge in [0.2, 0.25) is 5.78 Å². The van der Waals surface area contributed by atoms with Gasteiger partial charge >= 0.3 is 0 Å². The number of carbonyl (C=O) groups excluding carboxylic acids is 1. The van der Waals surface area contributed by atoms with E-state index in [2.05, 4.69) is 4.98 Å². The molecule has 0 bridgehead atoms. The Kier molecular flexibility index (Phi) is 6.24. The van der Waals surface area contributed by atoms with Crippen molar-refractivity contribution in [3.8, 4) is 11.3 Å². The number of rotatable bonds is 5. The van der Waals surface area contributed by atoms with E-state index in [1.807, 2.05) is 0 Å². The van der Waals surface area contributed by atoms with Crippen molar-refractivity contribution in [2.24, 2.45) is 0 Å². The quantitative estimate of drug-likeness (QED) is 0.274. The van der Waals surface area contributed by atoms with E-state index in [9.17, 15) is 19.3 Å². The Morgan fingerprint density at radius 2 is 1.73 bits per heavy atom. The van der Waals surface area contributed by atoms with Gasteiger partial charge in [0.1, 0.15) is 5.82 Å². The lowest BCUT2D eigenvalue weighted by atomic mass is 10.1. The molecule has 0 aliphatic rings. The van der Waals surface area contributed by atoms with Crippen LogP contribution < -0.4 is 4.57 Å². The molecular formula is C18H14BrFN3O3+. The predicted octanol–water partition coefficient (Wildman–Crippen LogP) is 3.54. The Balaban J connectivity index is 0.00000243. The van der Waals surface area contributed by atoms with Gasteiger partial charge in [0.05, 0.1) is 11.1 Å². The van der Waals surface area contributed by atoms with Crippen LogP contribution in [0, 0.1) is 15.9 Å². The SMILES string of the molecule is Br.O=C(C[n+]1ccc(-c2ccc(F)cc2)nc1)c1ccc([N+](=O)[O-])cc1. The lowest BCUT2D eigenvalue weighted by Gasteiger charge is -2.01. The third kappa shape index (κ3) is 4.54. The minimum Gasteiger partial charge on any atom is -0.290 e. The Bertz CT molecular complexity index is 914. The molecule has 0 aliphatic carbocycles. The van der Waals surface area contributed by atoms with Gasteiger partial charge in [-0.1, -0.05) is 0 Å². The normalized spacial score (nSPS) is 10.0. The predicted molar refractivity (Wildman–Crippen MR) is 97.6 cm³/mol. The second kappa shape index (κ2) is 8.39. The summed E-state index contributed by atoms with van der Waals surface area (Å²) in [5.74, 6) is -0.500. The molecule has 2 aromatic carbocycles. The number of nitro benzene ring substituents is 1. The maximum Gasteiger partial charge on any atom is 0.287 e. The lowest BCUT2D eigenvalue weighted by Crippen LogP contribution is -2.37. The Morgan fingerprint density at radius 3 is 2.27 bits per heavy atom. The molecule has 0 N–H and O–H groups in total. The summed E-state index contributed by atoms with van der Waals surface area (Å²) in [4.78, 5) is 26.6. The van der Waals surface area contributed by atoms with Crippen molar-refractivity contribution < 1.29 is 18.7 Å². The summed E-state index contributed by atoms with van der Waals surface area (Å²) >= 11 is 0. The topological polar surface area (TPSA) is 77.0 Å². The van der Waals surface area contributed by atoms with Crippen LogP contribution in [0.25, 0.3) is 11.3 Å². The summed E-state index contributed by atoms with van der Waals surface area (Å²) in [6.07, 6.45) is 3.22. The highest BCUT2D eigenvalue weighted by atomic mass is 79.9. The first-order valence-electron chi connectivity index (χ1n) is 7.41. The Morgan fingerprint density at radius 1 is 1.08 bits per heavy atom. The Hall–Kier alpha value is -3.00. The van der Waals surface area contributed by atoms with Crippen LogP contribution in [-0.2, 0) is 6.54 Å². The van der Waals surface area contributed by atoms with Crippen molar-refractivity contribution in [3.05, 3.63) is 88.6 Å². The van der Waals surface area contributed by atoms with E-state index >= 15 is 0 Å². The second-order valence-corrected chi connectivity index (χ2v) is 5.35. The highest BCUT2D eigenvalue weighted by molar-refractivity contribution is 8.93. The van der Waals surface area contributed by atoms with Gasteiger partial charge in [0.25, 0.3) is 12.0 Å². The largest absolute Gasteiger partial charge is 0.290 e. The highest BCUT2D eigenvalue weighted by Gasteiger charge is 2.13. The second-order valence-electron chi connectivity index (χ2n) is 5.35. The van der Waals surface area contributed by atoms with E-state index in [0.29, 0.717) is 11.3 Å². The molecular weight excluding hydrogens is 405 g/mol. The molecule has 8 heteroatoms. The zero-order valence-corrected chi connectivity index (χ0v) is 15.1. The van der Waals surface area contributed by atoms with Crippen LogP contribution in [0.2, 0.25) is 0 Å². The van der Waals surface area contributed by atoms with Gasteiger partial charge in [-0.25, -0.2) is 8.96 Å². The molecule has 0 fully saturated rings. The molecule has 1 heterocycles. The summed E-state index contributed by atoms with van der Waals surface area (Å²) in [6.45, 7) is 0.0640. The van der Waals surface area contributed by atoms with E-state index in [1.165, 1.54) is 42.7 Å². The van der Waals surface area contributed by atoms with E-state index in [0.717, 1.165) is 5.56 Å². The summed E-state index contributed by atoms with van der Waals surface area (Å²) in [5, 5.41) is 10.6. The van der Waals surface area contributed by atoms with E-state index < -0.39 is 4.92 Å². The minimum absolute atomic E-state index is 0. The first-order chi connectivity index (χ1) is 12.0. The molecule has 0 unspecified atom stereocenters. The third-order valence-corrected chi connectivity index (χ3v) is 3.64. The maximum atomic E-state index is 12.9. The monoisotopic (exact) mass is 418 g/mol. The number of non-ortho nitro benzene ring substituents is 1. The molecule has 0 saturated heterocycles. The summed E-state index contributed by atoms with van der Waals surface area (Å²) < 4.78 is 14.5. The number of ketones is 1. The van der Waals surface area contributed by atoms with Crippen LogP contribution >= 0.6 is 17.0 Å². The fraction of sp³-hybridized carbons (Fsp3) is 0.0556. The van der Waals surface area contributed by atoms with Gasteiger partial charge in [0, 0.05) is 29.3 Å². The molecule has 1 aromatic heterocycles. The zero-order valence-electron chi connectivity index (χ0n) is 13.4. The smallest absolute Gasteiger partial charge is 0.287 e. The number of nitrogens with zero attached hydrogens (tertiary/aromatic N) is 3. The van der Waals surface area contributed by atoms with Gasteiger partial charge in [0.15, 0.2) is 12.2 Å². The van der Waals surface area contributed by atoms with Gasteiger partial charge in [-0.05, 0) is 41.4 Å². The summed E-state index contributed by atoms with van der Waals surface area (Å²) in [5.41, 5.74) is 1.77. The maximum absolute atomic E-state index is 12.9. The number of halogens is 2. The number of benzene rings is 2. The van der Waals surface area contributed by atoms with Crippen LogP contribution in [0.5, 0.6) is 0 Å². The van der Waals surface area contributed by atoms with Crippen LogP contribution in [0.4, 0.5) is 10.1 Å². The van der Waals surface area contributed by atoms with Gasteiger partial charge < -0.3 is 0 Å². The molecule has 0 spiro atoms. The number of carbonyl (C=O) groups is 1. The third-order valence-electron chi connectivity index (χ3n) is 3.64. The number of nitro groups is 1. The molecule has 132 valence electrons. The van der Waals surface area contributed by atoms with Crippen molar-refractivity contribution in [1.82, 2.24) is 4.98 Å². The number of aromatic nitrogens is 2. The van der Waals surface area contributed by atoms with Crippen LogP contribution in [0.15, 0.2) is 67.1 Å². The average Bonchev–Trinajstić information content (AvgIpc) is 2.63. The van der Waals surface area contributed by atoms with Crippen molar-refractivity contribution >= 4 is 28.5 Å². The standard InChI is InChI=1S/C18H13FN3O3.BrH/c19-15-5-1-13(2-6-15)17-9-10-21(12-20-17)11-18(23)14-3-7-16(8-4-14)22(24)25;/h1-10,12H,11H2;1H/q+1;. The first kappa shape index (κ1) is 19.3. The zero-order chi connectivity index (χ0) is 17.8. The molecule has 0 saturated carbocycles. The first-order valence-corrected chi connectivity index (χ1v) is 7.41. The lowest BCUT2D eigenvalue weighted by molar-refractivity contribution is -0.686. The molecule has 6 nitrogen and oxygen atoms in total. The molecule has 26 heavy (non-hydrogen) atoms. The van der Waals surface area contributed by atoms with Gasteiger partial charge in [-0.2, -0.15) is 0 Å². The highest BCUT2D eigenvalue weighted by Crippen LogP contribution is 2.15. The van der Waals surface area contributed by atoms with Crippen molar-refractivity contribution in [1.29, 1.82) is 0 Å². The molecule has 0 aliphatic heterocycles. The molecule has 0 amide bonds. The molecule has 0 radical (unpaired) electrons. The van der Waals surface area contributed by atoms with Crippen molar-refractivity contribution in [2.75, 3.05) is 0 Å². The van der Waals surface area contributed by atoms with Gasteiger partial charge in [-0.3, -0.25) is 14.9 Å². The van der Waals surface area contributed by atoms with Gasteiger partial charge in [-0.15, -0.1) is 17.0 Å². The van der Waals surface area contributed by atoms with Crippen molar-refractivity contribution in [2.45, 2.75) is 6.54 Å². The van der Waals surface area contributed by atoms with E-state index in [-0.39, 0.29) is 40.8 Å². The average molecular weight is 419 g/mol. The fourth-order valence-electron chi connectivity index (χ4n) is 2.30. The number of hydrogen-bond donors (Lipinski definition) is 0. The molecule has 3 rings (SSSR count). The molecule has 0 atom stereocenters.